The number of aromatic nitrogens is 1. The van der Waals surface area contributed by atoms with Gasteiger partial charge >= 0.3 is 4.87 Å². The third-order valence-corrected chi connectivity index (χ3v) is 4.35. The standard InChI is InChI=1S/C14H16N2O2S/c1-8-6-5-7-9(2)11(8)15-13(17)12-10(3)16(4)14(18)19-12/h5-7H,1-4H3,(H,15,17). The highest BCUT2D eigenvalue weighted by Crippen LogP contribution is 2.21. The summed E-state index contributed by atoms with van der Waals surface area (Å²) < 4.78 is 1.49. The monoisotopic (exact) mass is 276 g/mol. The lowest BCUT2D eigenvalue weighted by atomic mass is 10.1. The van der Waals surface area contributed by atoms with Crippen LogP contribution in [0.25, 0.3) is 0 Å². The van der Waals surface area contributed by atoms with Crippen molar-refractivity contribution in [1.82, 2.24) is 4.57 Å². The molecule has 2 aromatic rings. The molecule has 1 N–H and O–H groups in total. The Hall–Kier alpha value is -1.88. The van der Waals surface area contributed by atoms with Gasteiger partial charge in [0.1, 0.15) is 4.88 Å². The minimum Gasteiger partial charge on any atom is -0.321 e. The number of carbonyl (C=O) groups excluding carboxylic acids is 1. The van der Waals surface area contributed by atoms with Gasteiger partial charge < -0.3 is 9.88 Å². The molecule has 0 spiro atoms. The van der Waals surface area contributed by atoms with E-state index in [1.54, 1.807) is 14.0 Å². The third kappa shape index (κ3) is 2.46. The van der Waals surface area contributed by atoms with E-state index in [-0.39, 0.29) is 10.8 Å². The van der Waals surface area contributed by atoms with Crippen LogP contribution >= 0.6 is 11.3 Å². The number of amides is 1. The Bertz CT molecular complexity index is 678. The molecule has 100 valence electrons. The van der Waals surface area contributed by atoms with Crippen LogP contribution in [-0.2, 0) is 7.05 Å². The van der Waals surface area contributed by atoms with E-state index >= 15 is 0 Å². The molecule has 0 saturated carbocycles. The molecule has 0 radical (unpaired) electrons. The molecule has 4 nitrogen and oxygen atoms in total. The number of thiazole rings is 1. The van der Waals surface area contributed by atoms with Crippen LogP contribution in [0.15, 0.2) is 23.0 Å². The van der Waals surface area contributed by atoms with Gasteiger partial charge in [0, 0.05) is 18.4 Å². The van der Waals surface area contributed by atoms with Gasteiger partial charge in [-0.15, -0.1) is 0 Å². The second kappa shape index (κ2) is 5.01. The zero-order valence-electron chi connectivity index (χ0n) is 11.4. The topological polar surface area (TPSA) is 51.1 Å². The van der Waals surface area contributed by atoms with E-state index in [9.17, 15) is 9.59 Å². The number of aryl methyl sites for hydroxylation is 2. The van der Waals surface area contributed by atoms with Crippen molar-refractivity contribution in [3.05, 3.63) is 49.6 Å². The zero-order chi connectivity index (χ0) is 14.2. The lowest BCUT2D eigenvalue weighted by molar-refractivity contribution is 0.102. The lowest BCUT2D eigenvalue weighted by Gasteiger charge is -2.10. The molecular weight excluding hydrogens is 260 g/mol. The van der Waals surface area contributed by atoms with E-state index in [1.807, 2.05) is 32.0 Å². The minimum atomic E-state index is -0.224. The maximum Gasteiger partial charge on any atom is 0.307 e. The Kier molecular flexibility index (Phi) is 3.57. The van der Waals surface area contributed by atoms with Gasteiger partial charge in [0.25, 0.3) is 5.91 Å². The van der Waals surface area contributed by atoms with E-state index in [0.717, 1.165) is 28.2 Å². The maximum absolute atomic E-state index is 12.3. The molecule has 1 amide bonds. The summed E-state index contributed by atoms with van der Waals surface area (Å²) in [5.74, 6) is -0.224. The Balaban J connectivity index is 2.36. The van der Waals surface area contributed by atoms with Gasteiger partial charge in [-0.3, -0.25) is 9.59 Å². The summed E-state index contributed by atoms with van der Waals surface area (Å²) in [5.41, 5.74) is 3.53. The zero-order valence-corrected chi connectivity index (χ0v) is 12.2. The van der Waals surface area contributed by atoms with Crippen molar-refractivity contribution in [1.29, 1.82) is 0 Å². The highest BCUT2D eigenvalue weighted by molar-refractivity contribution is 7.11. The first-order valence-electron chi connectivity index (χ1n) is 5.95. The number of nitrogens with one attached hydrogen (secondary N) is 1. The predicted octanol–water partition coefficient (Wildman–Crippen LogP) is 2.62. The molecule has 1 heterocycles. The van der Waals surface area contributed by atoms with Crippen LogP contribution in [0.4, 0.5) is 5.69 Å². The highest BCUT2D eigenvalue weighted by Gasteiger charge is 2.17. The summed E-state index contributed by atoms with van der Waals surface area (Å²) >= 11 is 0.975. The van der Waals surface area contributed by atoms with Gasteiger partial charge in [-0.2, -0.15) is 0 Å². The molecule has 0 atom stereocenters. The Morgan fingerprint density at radius 2 is 1.79 bits per heavy atom. The number of carbonyl (C=O) groups is 1. The van der Waals surface area contributed by atoms with Crippen molar-refractivity contribution in [3.63, 3.8) is 0 Å². The number of para-hydroxylation sites is 1. The van der Waals surface area contributed by atoms with Crippen LogP contribution in [0.5, 0.6) is 0 Å². The number of hydrogen-bond donors (Lipinski definition) is 1. The second-order valence-corrected chi connectivity index (χ2v) is 5.52. The summed E-state index contributed by atoms with van der Waals surface area (Å²) in [6.45, 7) is 5.67. The summed E-state index contributed by atoms with van der Waals surface area (Å²) in [4.78, 5) is 24.2. The average molecular weight is 276 g/mol. The third-order valence-electron chi connectivity index (χ3n) is 3.22. The molecule has 1 aromatic heterocycles. The summed E-state index contributed by atoms with van der Waals surface area (Å²) in [7, 11) is 1.67. The van der Waals surface area contributed by atoms with Gasteiger partial charge in [0.2, 0.25) is 0 Å². The molecule has 0 fully saturated rings. The first-order chi connectivity index (χ1) is 8.91. The van der Waals surface area contributed by atoms with Crippen molar-refractivity contribution in [3.8, 4) is 0 Å². The Morgan fingerprint density at radius 3 is 2.26 bits per heavy atom. The predicted molar refractivity (Wildman–Crippen MR) is 78.2 cm³/mol. The molecule has 5 heteroatoms. The Morgan fingerprint density at radius 1 is 1.21 bits per heavy atom. The fourth-order valence-electron chi connectivity index (χ4n) is 1.91. The lowest BCUT2D eigenvalue weighted by Crippen LogP contribution is -2.14. The van der Waals surface area contributed by atoms with Crippen molar-refractivity contribution in [2.24, 2.45) is 7.05 Å². The maximum atomic E-state index is 12.3. The molecule has 19 heavy (non-hydrogen) atoms. The summed E-state index contributed by atoms with van der Waals surface area (Å²) in [6.07, 6.45) is 0. The van der Waals surface area contributed by atoms with Gasteiger partial charge in [-0.1, -0.05) is 29.5 Å². The van der Waals surface area contributed by atoms with Gasteiger partial charge in [0.15, 0.2) is 0 Å². The molecule has 2 rings (SSSR count). The van der Waals surface area contributed by atoms with Crippen LogP contribution in [0.1, 0.15) is 26.5 Å². The minimum absolute atomic E-state index is 0.121. The average Bonchev–Trinajstić information content (AvgIpc) is 2.62. The van der Waals surface area contributed by atoms with Crippen LogP contribution in [0, 0.1) is 20.8 Å². The second-order valence-electron chi connectivity index (χ2n) is 4.56. The highest BCUT2D eigenvalue weighted by atomic mass is 32.1. The molecule has 0 aliphatic carbocycles. The van der Waals surface area contributed by atoms with E-state index < -0.39 is 0 Å². The van der Waals surface area contributed by atoms with Gasteiger partial charge in [0.05, 0.1) is 0 Å². The van der Waals surface area contributed by atoms with Crippen LogP contribution in [-0.4, -0.2) is 10.5 Å². The summed E-state index contributed by atoms with van der Waals surface area (Å²) in [5, 5.41) is 2.90. The molecule has 1 aromatic carbocycles. The molecule has 0 aliphatic heterocycles. The Labute approximate surface area is 115 Å². The molecule has 0 aliphatic rings. The number of hydrogen-bond acceptors (Lipinski definition) is 3. The van der Waals surface area contributed by atoms with E-state index in [4.69, 9.17) is 0 Å². The van der Waals surface area contributed by atoms with Gasteiger partial charge in [-0.05, 0) is 31.9 Å². The largest absolute Gasteiger partial charge is 0.321 e. The fraction of sp³-hybridized carbons (Fsp3) is 0.286. The molecule has 0 saturated heterocycles. The number of anilines is 1. The summed E-state index contributed by atoms with van der Waals surface area (Å²) in [6, 6.07) is 5.85. The number of rotatable bonds is 2. The number of benzene rings is 1. The van der Waals surface area contributed by atoms with E-state index in [2.05, 4.69) is 5.32 Å². The van der Waals surface area contributed by atoms with Gasteiger partial charge in [-0.25, -0.2) is 0 Å². The molecular formula is C14H16N2O2S. The fourth-order valence-corrected chi connectivity index (χ4v) is 2.79. The van der Waals surface area contributed by atoms with Crippen LogP contribution in [0.3, 0.4) is 0 Å². The van der Waals surface area contributed by atoms with Crippen molar-refractivity contribution in [2.45, 2.75) is 20.8 Å². The first kappa shape index (κ1) is 13.5. The number of nitrogens with zero attached hydrogens (tertiary/aromatic N) is 1. The molecule has 0 bridgehead atoms. The van der Waals surface area contributed by atoms with Crippen molar-refractivity contribution >= 4 is 22.9 Å². The van der Waals surface area contributed by atoms with Crippen molar-refractivity contribution in [2.75, 3.05) is 5.32 Å². The first-order valence-corrected chi connectivity index (χ1v) is 6.77. The quantitative estimate of drug-likeness (QED) is 0.916. The SMILES string of the molecule is Cc1cccc(C)c1NC(=O)c1sc(=O)n(C)c1C. The van der Waals surface area contributed by atoms with Crippen LogP contribution in [0.2, 0.25) is 0 Å². The smallest absolute Gasteiger partial charge is 0.307 e. The van der Waals surface area contributed by atoms with E-state index in [0.29, 0.717) is 10.6 Å². The van der Waals surface area contributed by atoms with Crippen LogP contribution < -0.4 is 10.2 Å². The van der Waals surface area contributed by atoms with E-state index in [1.165, 1.54) is 4.57 Å². The molecule has 0 unspecified atom stereocenters. The normalized spacial score (nSPS) is 10.5. The van der Waals surface area contributed by atoms with Crippen molar-refractivity contribution < 1.29 is 4.79 Å².